The predicted molar refractivity (Wildman–Crippen MR) is 83.0 cm³/mol. The summed E-state index contributed by atoms with van der Waals surface area (Å²) in [7, 11) is 0. The van der Waals surface area contributed by atoms with Gasteiger partial charge in [0.15, 0.2) is 0 Å². The molecule has 0 saturated carbocycles. The third-order valence-electron chi connectivity index (χ3n) is 2.75. The van der Waals surface area contributed by atoms with Crippen molar-refractivity contribution in [2.75, 3.05) is 0 Å². The molecular formula is C15H8Cl2N2O2. The molecule has 2 rings (SSSR count). The van der Waals surface area contributed by atoms with Crippen LogP contribution in [-0.4, -0.2) is 4.92 Å². The topological polar surface area (TPSA) is 66.9 Å². The van der Waals surface area contributed by atoms with Crippen molar-refractivity contribution in [3.63, 3.8) is 0 Å². The Morgan fingerprint density at radius 2 is 2.00 bits per heavy atom. The van der Waals surface area contributed by atoms with Crippen LogP contribution in [0.2, 0.25) is 10.0 Å². The van der Waals surface area contributed by atoms with Crippen LogP contribution in [-0.2, 0) is 0 Å². The smallest absolute Gasteiger partial charge is 0.258 e. The minimum Gasteiger partial charge on any atom is -0.258 e. The van der Waals surface area contributed by atoms with E-state index in [0.717, 1.165) is 0 Å². The fraction of sp³-hybridized carbons (Fsp3) is 0. The Labute approximate surface area is 131 Å². The lowest BCUT2D eigenvalue weighted by atomic mass is 10.0. The zero-order valence-corrected chi connectivity index (χ0v) is 12.1. The average molecular weight is 319 g/mol. The molecule has 2 aromatic carbocycles. The van der Waals surface area contributed by atoms with Crippen molar-refractivity contribution in [2.24, 2.45) is 0 Å². The summed E-state index contributed by atoms with van der Waals surface area (Å²) >= 11 is 11.9. The van der Waals surface area contributed by atoms with E-state index in [2.05, 4.69) is 0 Å². The Morgan fingerprint density at radius 3 is 2.62 bits per heavy atom. The summed E-state index contributed by atoms with van der Waals surface area (Å²) in [4.78, 5) is 10.3. The Balaban J connectivity index is 2.49. The average Bonchev–Trinajstić information content (AvgIpc) is 2.46. The third kappa shape index (κ3) is 3.60. The monoisotopic (exact) mass is 318 g/mol. The first-order valence-corrected chi connectivity index (χ1v) is 6.58. The summed E-state index contributed by atoms with van der Waals surface area (Å²) in [5, 5.41) is 20.9. The van der Waals surface area contributed by atoms with Crippen molar-refractivity contribution in [3.05, 3.63) is 73.8 Å². The second-order valence-electron chi connectivity index (χ2n) is 4.14. The number of hydrogen-bond acceptors (Lipinski definition) is 3. The molecule has 0 radical (unpaired) electrons. The molecule has 0 bridgehead atoms. The Hall–Kier alpha value is -2.35. The number of nitrogens with zero attached hydrogens (tertiary/aromatic N) is 2. The maximum Gasteiger partial charge on any atom is 0.270 e. The van der Waals surface area contributed by atoms with Crippen LogP contribution in [0.3, 0.4) is 0 Å². The Bertz CT molecular complexity index is 779. The number of nitro benzene ring substituents is 1. The normalized spacial score (nSPS) is 11.0. The molecule has 0 aromatic heterocycles. The minimum absolute atomic E-state index is 0.0733. The molecule has 0 saturated heterocycles. The summed E-state index contributed by atoms with van der Waals surface area (Å²) < 4.78 is 0. The van der Waals surface area contributed by atoms with Gasteiger partial charge in [-0.1, -0.05) is 41.4 Å². The van der Waals surface area contributed by atoms with Gasteiger partial charge in [-0.2, -0.15) is 5.26 Å². The van der Waals surface area contributed by atoms with E-state index in [9.17, 15) is 15.4 Å². The molecule has 104 valence electrons. The maximum absolute atomic E-state index is 10.8. The van der Waals surface area contributed by atoms with Gasteiger partial charge < -0.3 is 0 Å². The quantitative estimate of drug-likeness (QED) is 0.347. The number of benzene rings is 2. The summed E-state index contributed by atoms with van der Waals surface area (Å²) in [5.41, 5.74) is 1.28. The van der Waals surface area contributed by atoms with Crippen LogP contribution in [0.25, 0.3) is 11.6 Å². The van der Waals surface area contributed by atoms with Crippen LogP contribution < -0.4 is 0 Å². The standard InChI is InChI=1S/C15H8Cl2N2O2/c16-13-5-4-11(15(17)8-13)6-12(9-18)10-2-1-3-14(7-10)19(20)21/h1-8H. The lowest BCUT2D eigenvalue weighted by Crippen LogP contribution is -1.90. The first-order valence-electron chi connectivity index (χ1n) is 5.83. The van der Waals surface area contributed by atoms with Gasteiger partial charge in [0.05, 0.1) is 16.6 Å². The molecule has 0 atom stereocenters. The zero-order valence-electron chi connectivity index (χ0n) is 10.6. The Morgan fingerprint density at radius 1 is 1.24 bits per heavy atom. The van der Waals surface area contributed by atoms with Crippen LogP contribution in [0.1, 0.15) is 11.1 Å². The molecule has 0 spiro atoms. The summed E-state index contributed by atoms with van der Waals surface area (Å²) in [5.74, 6) is 0. The molecule has 0 aliphatic rings. The molecule has 0 unspecified atom stereocenters. The van der Waals surface area contributed by atoms with Gasteiger partial charge in [0.2, 0.25) is 0 Å². The minimum atomic E-state index is -0.506. The first kappa shape index (κ1) is 15.0. The number of nitro groups is 1. The maximum atomic E-state index is 10.8. The van der Waals surface area contributed by atoms with E-state index in [0.29, 0.717) is 21.2 Å². The molecule has 0 aliphatic heterocycles. The molecule has 6 heteroatoms. The van der Waals surface area contributed by atoms with Gasteiger partial charge in [0, 0.05) is 22.2 Å². The fourth-order valence-electron chi connectivity index (χ4n) is 1.74. The second-order valence-corrected chi connectivity index (χ2v) is 4.99. The van der Waals surface area contributed by atoms with Gasteiger partial charge in [-0.05, 0) is 29.3 Å². The number of halogens is 2. The third-order valence-corrected chi connectivity index (χ3v) is 3.31. The van der Waals surface area contributed by atoms with E-state index < -0.39 is 4.92 Å². The van der Waals surface area contributed by atoms with Crippen LogP contribution in [0.4, 0.5) is 5.69 Å². The summed E-state index contributed by atoms with van der Waals surface area (Å²) in [6.07, 6.45) is 1.57. The summed E-state index contributed by atoms with van der Waals surface area (Å²) in [6.45, 7) is 0. The van der Waals surface area contributed by atoms with Crippen molar-refractivity contribution < 1.29 is 4.92 Å². The van der Waals surface area contributed by atoms with Crippen molar-refractivity contribution in [1.29, 1.82) is 5.26 Å². The molecular weight excluding hydrogens is 311 g/mol. The lowest BCUT2D eigenvalue weighted by molar-refractivity contribution is -0.384. The number of allylic oxidation sites excluding steroid dienone is 1. The second kappa shape index (κ2) is 6.40. The number of hydrogen-bond donors (Lipinski definition) is 0. The van der Waals surface area contributed by atoms with E-state index in [1.165, 1.54) is 18.2 Å². The van der Waals surface area contributed by atoms with Crippen LogP contribution >= 0.6 is 23.2 Å². The molecule has 0 fully saturated rings. The van der Waals surface area contributed by atoms with E-state index in [-0.39, 0.29) is 11.3 Å². The van der Waals surface area contributed by atoms with Crippen molar-refractivity contribution in [2.45, 2.75) is 0 Å². The van der Waals surface area contributed by atoms with Crippen molar-refractivity contribution in [1.82, 2.24) is 0 Å². The van der Waals surface area contributed by atoms with Gasteiger partial charge >= 0.3 is 0 Å². The molecule has 0 amide bonds. The number of rotatable bonds is 3. The predicted octanol–water partition coefficient (Wildman–Crippen LogP) is 4.97. The lowest BCUT2D eigenvalue weighted by Gasteiger charge is -2.02. The highest BCUT2D eigenvalue weighted by Crippen LogP contribution is 2.27. The molecule has 0 aliphatic carbocycles. The summed E-state index contributed by atoms with van der Waals surface area (Å²) in [6, 6.07) is 12.8. The van der Waals surface area contributed by atoms with E-state index in [4.69, 9.17) is 23.2 Å². The molecule has 21 heavy (non-hydrogen) atoms. The highest BCUT2D eigenvalue weighted by molar-refractivity contribution is 6.35. The van der Waals surface area contributed by atoms with Crippen LogP contribution in [0, 0.1) is 21.4 Å². The van der Waals surface area contributed by atoms with Gasteiger partial charge in [0.25, 0.3) is 5.69 Å². The largest absolute Gasteiger partial charge is 0.270 e. The van der Waals surface area contributed by atoms with E-state index >= 15 is 0 Å². The first-order chi connectivity index (χ1) is 10.0. The Kier molecular flexibility index (Phi) is 4.59. The van der Waals surface area contributed by atoms with E-state index in [1.54, 1.807) is 30.3 Å². The number of nitriles is 1. The van der Waals surface area contributed by atoms with E-state index in [1.807, 2.05) is 6.07 Å². The SMILES string of the molecule is N#CC(=Cc1ccc(Cl)cc1Cl)c1cccc([N+](=O)[O-])c1. The molecule has 2 aromatic rings. The van der Waals surface area contributed by atoms with Gasteiger partial charge in [-0.25, -0.2) is 0 Å². The number of non-ortho nitro benzene ring substituents is 1. The van der Waals surface area contributed by atoms with Crippen LogP contribution in [0.5, 0.6) is 0 Å². The van der Waals surface area contributed by atoms with Crippen molar-refractivity contribution >= 4 is 40.5 Å². The van der Waals surface area contributed by atoms with Gasteiger partial charge in [0.1, 0.15) is 0 Å². The van der Waals surface area contributed by atoms with Crippen LogP contribution in [0.15, 0.2) is 42.5 Å². The highest BCUT2D eigenvalue weighted by atomic mass is 35.5. The van der Waals surface area contributed by atoms with Gasteiger partial charge in [-0.3, -0.25) is 10.1 Å². The highest BCUT2D eigenvalue weighted by Gasteiger charge is 2.09. The zero-order chi connectivity index (χ0) is 15.4. The molecule has 4 nitrogen and oxygen atoms in total. The van der Waals surface area contributed by atoms with Gasteiger partial charge in [-0.15, -0.1) is 0 Å². The fourth-order valence-corrected chi connectivity index (χ4v) is 2.20. The van der Waals surface area contributed by atoms with Crippen molar-refractivity contribution in [3.8, 4) is 6.07 Å². The molecule has 0 N–H and O–H groups in total. The molecule has 0 heterocycles.